The molecule has 1 fully saturated rings. The lowest BCUT2D eigenvalue weighted by Gasteiger charge is -2.25. The summed E-state index contributed by atoms with van der Waals surface area (Å²) in [6.45, 7) is 2.64. The maximum Gasteiger partial charge on any atom is 0.272 e. The van der Waals surface area contributed by atoms with Crippen molar-refractivity contribution in [3.05, 3.63) is 53.3 Å². The number of benzene rings is 1. The van der Waals surface area contributed by atoms with Gasteiger partial charge in [-0.2, -0.15) is 0 Å². The van der Waals surface area contributed by atoms with Gasteiger partial charge < -0.3 is 14.4 Å². The van der Waals surface area contributed by atoms with E-state index in [1.807, 2.05) is 42.2 Å². The molecule has 3 rings (SSSR count). The van der Waals surface area contributed by atoms with E-state index >= 15 is 0 Å². The number of rotatable bonds is 4. The lowest BCUT2D eigenvalue weighted by Crippen LogP contribution is -2.31. The second kappa shape index (κ2) is 6.91. The van der Waals surface area contributed by atoms with Crippen molar-refractivity contribution in [3.63, 3.8) is 0 Å². The number of aryl methyl sites for hydroxylation is 1. The first kappa shape index (κ1) is 16.3. The molecule has 0 N–H and O–H groups in total. The van der Waals surface area contributed by atoms with Crippen molar-refractivity contribution in [2.75, 3.05) is 20.8 Å². The van der Waals surface area contributed by atoms with Gasteiger partial charge in [-0.05, 0) is 49.6 Å². The van der Waals surface area contributed by atoms with Gasteiger partial charge in [0.15, 0.2) is 11.5 Å². The number of amides is 1. The second-order valence-electron chi connectivity index (χ2n) is 5.94. The molecule has 1 aromatic carbocycles. The van der Waals surface area contributed by atoms with Crippen molar-refractivity contribution in [1.29, 1.82) is 0 Å². The van der Waals surface area contributed by atoms with Gasteiger partial charge in [0.2, 0.25) is 0 Å². The first-order chi connectivity index (χ1) is 11.6. The molecule has 0 spiro atoms. The average Bonchev–Trinajstić information content (AvgIpc) is 3.10. The van der Waals surface area contributed by atoms with Crippen molar-refractivity contribution in [3.8, 4) is 11.5 Å². The van der Waals surface area contributed by atoms with Gasteiger partial charge in [0, 0.05) is 12.2 Å². The molecule has 0 aliphatic carbocycles. The third-order valence-corrected chi connectivity index (χ3v) is 4.41. The number of likely N-dealkylation sites (tertiary alicyclic amines) is 1. The monoisotopic (exact) mass is 326 g/mol. The number of carbonyl (C=O) groups is 1. The molecule has 1 aliphatic heterocycles. The topological polar surface area (TPSA) is 51.7 Å². The zero-order chi connectivity index (χ0) is 17.1. The highest BCUT2D eigenvalue weighted by Gasteiger charge is 2.31. The van der Waals surface area contributed by atoms with Gasteiger partial charge in [0.05, 0.1) is 20.3 Å². The number of nitrogens with zero attached hydrogens (tertiary/aromatic N) is 2. The van der Waals surface area contributed by atoms with Crippen LogP contribution < -0.4 is 9.47 Å². The SMILES string of the molecule is COc1ccc([C@@H]2CCCN2C(=O)c2cccc(C)n2)cc1OC. The van der Waals surface area contributed by atoms with E-state index in [9.17, 15) is 4.79 Å². The Morgan fingerprint density at radius 1 is 1.17 bits per heavy atom. The number of hydrogen-bond donors (Lipinski definition) is 0. The van der Waals surface area contributed by atoms with Crippen LogP contribution in [0.4, 0.5) is 0 Å². The number of pyridine rings is 1. The van der Waals surface area contributed by atoms with Gasteiger partial charge in [0.25, 0.3) is 5.91 Å². The van der Waals surface area contributed by atoms with Gasteiger partial charge in [-0.3, -0.25) is 4.79 Å². The summed E-state index contributed by atoms with van der Waals surface area (Å²) in [4.78, 5) is 19.1. The molecule has 0 saturated carbocycles. The number of ether oxygens (including phenoxy) is 2. The Morgan fingerprint density at radius 3 is 2.67 bits per heavy atom. The quantitative estimate of drug-likeness (QED) is 0.864. The summed E-state index contributed by atoms with van der Waals surface area (Å²) >= 11 is 0. The highest BCUT2D eigenvalue weighted by molar-refractivity contribution is 5.92. The summed E-state index contributed by atoms with van der Waals surface area (Å²) in [5, 5.41) is 0. The van der Waals surface area contributed by atoms with Crippen LogP contribution in [0.25, 0.3) is 0 Å². The van der Waals surface area contributed by atoms with E-state index in [4.69, 9.17) is 9.47 Å². The molecule has 5 nitrogen and oxygen atoms in total. The number of carbonyl (C=O) groups excluding carboxylic acids is 1. The molecule has 2 aromatic rings. The van der Waals surface area contributed by atoms with Gasteiger partial charge in [-0.1, -0.05) is 12.1 Å². The maximum absolute atomic E-state index is 12.9. The number of aromatic nitrogens is 1. The summed E-state index contributed by atoms with van der Waals surface area (Å²) in [6, 6.07) is 11.4. The Hall–Kier alpha value is -2.56. The van der Waals surface area contributed by atoms with Crippen molar-refractivity contribution < 1.29 is 14.3 Å². The molecule has 1 aliphatic rings. The van der Waals surface area contributed by atoms with Crippen LogP contribution in [0, 0.1) is 6.92 Å². The Labute approximate surface area is 142 Å². The molecule has 0 unspecified atom stereocenters. The van der Waals surface area contributed by atoms with Gasteiger partial charge >= 0.3 is 0 Å². The Kier molecular flexibility index (Phi) is 4.69. The van der Waals surface area contributed by atoms with E-state index in [0.29, 0.717) is 17.2 Å². The normalized spacial score (nSPS) is 17.0. The van der Waals surface area contributed by atoms with Gasteiger partial charge in [0.1, 0.15) is 5.69 Å². The summed E-state index contributed by atoms with van der Waals surface area (Å²) in [7, 11) is 3.24. The molecule has 1 amide bonds. The predicted octanol–water partition coefficient (Wildman–Crippen LogP) is 3.38. The number of methoxy groups -OCH3 is 2. The van der Waals surface area contributed by atoms with Gasteiger partial charge in [-0.15, -0.1) is 0 Å². The Morgan fingerprint density at radius 2 is 1.96 bits per heavy atom. The smallest absolute Gasteiger partial charge is 0.272 e. The first-order valence-corrected chi connectivity index (χ1v) is 8.10. The second-order valence-corrected chi connectivity index (χ2v) is 5.94. The lowest BCUT2D eigenvalue weighted by atomic mass is 10.0. The van der Waals surface area contributed by atoms with Crippen LogP contribution in [0.1, 0.15) is 40.6 Å². The van der Waals surface area contributed by atoms with Gasteiger partial charge in [-0.25, -0.2) is 4.98 Å². The van der Waals surface area contributed by atoms with E-state index in [0.717, 1.165) is 30.6 Å². The minimum absolute atomic E-state index is 0.0176. The zero-order valence-electron chi connectivity index (χ0n) is 14.3. The Bertz CT molecular complexity index is 745. The van der Waals surface area contributed by atoms with Crippen molar-refractivity contribution >= 4 is 5.91 Å². The summed E-state index contributed by atoms with van der Waals surface area (Å²) in [5.74, 6) is 1.36. The molecular weight excluding hydrogens is 304 g/mol. The maximum atomic E-state index is 12.9. The third kappa shape index (κ3) is 3.07. The molecule has 126 valence electrons. The largest absolute Gasteiger partial charge is 0.493 e. The Balaban J connectivity index is 1.89. The van der Waals surface area contributed by atoms with E-state index in [2.05, 4.69) is 4.98 Å². The standard InChI is InChI=1S/C19H22N2O3/c1-13-6-4-7-15(20-13)19(22)21-11-5-8-16(21)14-9-10-17(23-2)18(12-14)24-3/h4,6-7,9-10,12,16H,5,8,11H2,1-3H3/t16-/m0/s1. The summed E-state index contributed by atoms with van der Waals surface area (Å²) in [5.41, 5.74) is 2.41. The molecule has 0 bridgehead atoms. The molecule has 0 radical (unpaired) electrons. The van der Waals surface area contributed by atoms with Crippen LogP contribution >= 0.6 is 0 Å². The fourth-order valence-corrected chi connectivity index (χ4v) is 3.23. The highest BCUT2D eigenvalue weighted by Crippen LogP contribution is 2.37. The molecule has 1 aromatic heterocycles. The lowest BCUT2D eigenvalue weighted by molar-refractivity contribution is 0.0729. The molecule has 24 heavy (non-hydrogen) atoms. The van der Waals surface area contributed by atoms with Crippen LogP contribution in [0.2, 0.25) is 0 Å². The minimum Gasteiger partial charge on any atom is -0.493 e. The van der Waals surface area contributed by atoms with E-state index in [1.165, 1.54) is 0 Å². The van der Waals surface area contributed by atoms with Crippen molar-refractivity contribution in [1.82, 2.24) is 9.88 Å². The van der Waals surface area contributed by atoms with Crippen molar-refractivity contribution in [2.45, 2.75) is 25.8 Å². The van der Waals surface area contributed by atoms with E-state index < -0.39 is 0 Å². The number of hydrogen-bond acceptors (Lipinski definition) is 4. The summed E-state index contributed by atoms with van der Waals surface area (Å²) in [6.07, 6.45) is 1.92. The zero-order valence-corrected chi connectivity index (χ0v) is 14.3. The third-order valence-electron chi connectivity index (χ3n) is 4.41. The highest BCUT2D eigenvalue weighted by atomic mass is 16.5. The molecule has 1 atom stereocenters. The molecular formula is C19H22N2O3. The molecule has 1 saturated heterocycles. The van der Waals surface area contributed by atoms with Crippen molar-refractivity contribution in [2.24, 2.45) is 0 Å². The van der Waals surface area contributed by atoms with Crippen LogP contribution in [0.5, 0.6) is 11.5 Å². The van der Waals surface area contributed by atoms with E-state index in [1.54, 1.807) is 20.3 Å². The fraction of sp³-hybridized carbons (Fsp3) is 0.368. The molecule has 2 heterocycles. The van der Waals surface area contributed by atoms with Crippen LogP contribution in [0.15, 0.2) is 36.4 Å². The van der Waals surface area contributed by atoms with Crippen LogP contribution in [-0.4, -0.2) is 36.6 Å². The predicted molar refractivity (Wildman–Crippen MR) is 91.5 cm³/mol. The fourth-order valence-electron chi connectivity index (χ4n) is 3.23. The molecule has 5 heteroatoms. The minimum atomic E-state index is -0.0176. The first-order valence-electron chi connectivity index (χ1n) is 8.10. The summed E-state index contributed by atoms with van der Waals surface area (Å²) < 4.78 is 10.7. The van der Waals surface area contributed by atoms with E-state index in [-0.39, 0.29) is 11.9 Å². The van der Waals surface area contributed by atoms with Crippen LogP contribution in [0.3, 0.4) is 0 Å². The average molecular weight is 326 g/mol. The van der Waals surface area contributed by atoms with Crippen LogP contribution in [-0.2, 0) is 0 Å².